The second-order valence-corrected chi connectivity index (χ2v) is 3.25. The number of rotatable bonds is 2. The minimum absolute atomic E-state index is 0.668. The number of thiazole rings is 1. The maximum atomic E-state index is 4.26. The first-order valence-electron chi connectivity index (χ1n) is 3.81. The van der Waals surface area contributed by atoms with Gasteiger partial charge in [-0.25, -0.2) is 15.0 Å². The summed E-state index contributed by atoms with van der Waals surface area (Å²) in [4.78, 5) is 12.5. The van der Waals surface area contributed by atoms with Gasteiger partial charge < -0.3 is 5.32 Å². The molecule has 0 saturated carbocycles. The molecule has 0 aliphatic rings. The molecule has 0 bridgehead atoms. The van der Waals surface area contributed by atoms with Gasteiger partial charge in [0.05, 0.1) is 0 Å². The Balaban J connectivity index is 2.41. The third-order valence-electron chi connectivity index (χ3n) is 1.54. The predicted molar refractivity (Wildman–Crippen MR) is 52.7 cm³/mol. The third kappa shape index (κ3) is 1.65. The van der Waals surface area contributed by atoms with Crippen molar-refractivity contribution in [2.75, 3.05) is 12.4 Å². The zero-order valence-electron chi connectivity index (χ0n) is 7.06. The van der Waals surface area contributed by atoms with Crippen LogP contribution < -0.4 is 5.32 Å². The Bertz CT molecular complexity index is 385. The normalized spacial score (nSPS) is 9.92. The third-order valence-corrected chi connectivity index (χ3v) is 2.30. The van der Waals surface area contributed by atoms with E-state index in [1.165, 1.54) is 11.3 Å². The van der Waals surface area contributed by atoms with Crippen LogP contribution in [-0.4, -0.2) is 22.0 Å². The minimum atomic E-state index is 0.668. The first-order valence-corrected chi connectivity index (χ1v) is 4.69. The van der Waals surface area contributed by atoms with E-state index in [1.807, 2.05) is 18.5 Å². The standard InChI is InChI=1S/C8H8N4S/c1-9-6-2-3-10-7(12-6)8-11-4-5-13-8/h2-5H,1H3,(H,9,10,12). The molecule has 2 heterocycles. The van der Waals surface area contributed by atoms with Gasteiger partial charge in [-0.3, -0.25) is 0 Å². The molecular weight excluding hydrogens is 184 g/mol. The number of hydrogen-bond acceptors (Lipinski definition) is 5. The highest BCUT2D eigenvalue weighted by atomic mass is 32.1. The first kappa shape index (κ1) is 8.12. The maximum absolute atomic E-state index is 4.26. The van der Waals surface area contributed by atoms with Crippen molar-refractivity contribution in [3.05, 3.63) is 23.8 Å². The lowest BCUT2D eigenvalue weighted by Gasteiger charge is -1.98. The summed E-state index contributed by atoms with van der Waals surface area (Å²) in [7, 11) is 1.83. The molecule has 0 aliphatic heterocycles. The molecule has 2 rings (SSSR count). The van der Waals surface area contributed by atoms with Gasteiger partial charge >= 0.3 is 0 Å². The maximum Gasteiger partial charge on any atom is 0.190 e. The Morgan fingerprint density at radius 1 is 1.31 bits per heavy atom. The SMILES string of the molecule is CNc1ccnc(-c2nccs2)n1. The summed E-state index contributed by atoms with van der Waals surface area (Å²) in [6, 6.07) is 1.82. The molecule has 4 nitrogen and oxygen atoms in total. The van der Waals surface area contributed by atoms with Crippen molar-refractivity contribution in [1.82, 2.24) is 15.0 Å². The lowest BCUT2D eigenvalue weighted by atomic mass is 10.5. The number of nitrogens with zero attached hydrogens (tertiary/aromatic N) is 3. The van der Waals surface area contributed by atoms with E-state index in [-0.39, 0.29) is 0 Å². The van der Waals surface area contributed by atoms with Crippen LogP contribution in [-0.2, 0) is 0 Å². The minimum Gasteiger partial charge on any atom is -0.373 e. The van der Waals surface area contributed by atoms with Gasteiger partial charge in [-0.1, -0.05) is 0 Å². The zero-order chi connectivity index (χ0) is 9.10. The van der Waals surface area contributed by atoms with E-state index in [1.54, 1.807) is 12.4 Å². The summed E-state index contributed by atoms with van der Waals surface area (Å²) in [5.41, 5.74) is 0. The highest BCUT2D eigenvalue weighted by Gasteiger charge is 2.03. The van der Waals surface area contributed by atoms with E-state index in [4.69, 9.17) is 0 Å². The van der Waals surface area contributed by atoms with Crippen LogP contribution in [0.2, 0.25) is 0 Å². The molecule has 2 aromatic heterocycles. The molecule has 0 radical (unpaired) electrons. The van der Waals surface area contributed by atoms with Crippen molar-refractivity contribution in [3.8, 4) is 10.8 Å². The molecular formula is C8H8N4S. The molecule has 0 fully saturated rings. The van der Waals surface area contributed by atoms with E-state index in [0.717, 1.165) is 10.8 Å². The van der Waals surface area contributed by atoms with Gasteiger partial charge in [0.25, 0.3) is 0 Å². The van der Waals surface area contributed by atoms with Crippen molar-refractivity contribution in [2.24, 2.45) is 0 Å². The Kier molecular flexibility index (Phi) is 2.18. The van der Waals surface area contributed by atoms with Crippen molar-refractivity contribution < 1.29 is 0 Å². The summed E-state index contributed by atoms with van der Waals surface area (Å²) in [5.74, 6) is 1.47. The predicted octanol–water partition coefficient (Wildman–Crippen LogP) is 1.64. The smallest absolute Gasteiger partial charge is 0.190 e. The van der Waals surface area contributed by atoms with Gasteiger partial charge in [0, 0.05) is 24.8 Å². The van der Waals surface area contributed by atoms with Crippen molar-refractivity contribution in [3.63, 3.8) is 0 Å². The summed E-state index contributed by atoms with van der Waals surface area (Å²) in [6.07, 6.45) is 3.46. The highest BCUT2D eigenvalue weighted by Crippen LogP contribution is 2.17. The average molecular weight is 192 g/mol. The van der Waals surface area contributed by atoms with Crippen molar-refractivity contribution in [1.29, 1.82) is 0 Å². The fraction of sp³-hybridized carbons (Fsp3) is 0.125. The van der Waals surface area contributed by atoms with Crippen LogP contribution >= 0.6 is 11.3 Å². The average Bonchev–Trinajstić information content (AvgIpc) is 2.71. The molecule has 0 amide bonds. The van der Waals surface area contributed by atoms with Gasteiger partial charge in [-0.15, -0.1) is 11.3 Å². The molecule has 0 spiro atoms. The van der Waals surface area contributed by atoms with Crippen LogP contribution in [0.3, 0.4) is 0 Å². The van der Waals surface area contributed by atoms with Crippen LogP contribution in [0.15, 0.2) is 23.8 Å². The topological polar surface area (TPSA) is 50.7 Å². The summed E-state index contributed by atoms with van der Waals surface area (Å²) >= 11 is 1.53. The summed E-state index contributed by atoms with van der Waals surface area (Å²) < 4.78 is 0. The molecule has 66 valence electrons. The van der Waals surface area contributed by atoms with Gasteiger partial charge in [-0.2, -0.15) is 0 Å². The molecule has 13 heavy (non-hydrogen) atoms. The molecule has 0 saturated heterocycles. The zero-order valence-corrected chi connectivity index (χ0v) is 7.88. The Labute approximate surface area is 79.7 Å². The van der Waals surface area contributed by atoms with Gasteiger partial charge in [0.2, 0.25) is 0 Å². The largest absolute Gasteiger partial charge is 0.373 e. The fourth-order valence-electron chi connectivity index (χ4n) is 0.935. The van der Waals surface area contributed by atoms with E-state index in [9.17, 15) is 0 Å². The Morgan fingerprint density at radius 3 is 2.92 bits per heavy atom. The molecule has 0 unspecified atom stereocenters. The van der Waals surface area contributed by atoms with E-state index in [0.29, 0.717) is 5.82 Å². The molecule has 0 aliphatic carbocycles. The molecule has 1 N–H and O–H groups in total. The second-order valence-electron chi connectivity index (χ2n) is 2.35. The number of anilines is 1. The molecule has 5 heteroatoms. The molecule has 0 atom stereocenters. The van der Waals surface area contributed by atoms with Gasteiger partial charge in [0.1, 0.15) is 5.82 Å². The van der Waals surface area contributed by atoms with Crippen LogP contribution in [0.4, 0.5) is 5.82 Å². The van der Waals surface area contributed by atoms with Crippen LogP contribution in [0.5, 0.6) is 0 Å². The first-order chi connectivity index (χ1) is 6.40. The van der Waals surface area contributed by atoms with Crippen LogP contribution in [0.25, 0.3) is 10.8 Å². The monoisotopic (exact) mass is 192 g/mol. The Hall–Kier alpha value is -1.49. The quantitative estimate of drug-likeness (QED) is 0.786. The summed E-state index contributed by atoms with van der Waals surface area (Å²) in [5, 5.41) is 5.71. The highest BCUT2D eigenvalue weighted by molar-refractivity contribution is 7.12. The lowest BCUT2D eigenvalue weighted by Crippen LogP contribution is -1.95. The lowest BCUT2D eigenvalue weighted by molar-refractivity contribution is 1.15. The summed E-state index contributed by atoms with van der Waals surface area (Å²) in [6.45, 7) is 0. The van der Waals surface area contributed by atoms with Gasteiger partial charge in [-0.05, 0) is 6.07 Å². The van der Waals surface area contributed by atoms with Gasteiger partial charge in [0.15, 0.2) is 10.8 Å². The van der Waals surface area contributed by atoms with Crippen molar-refractivity contribution in [2.45, 2.75) is 0 Å². The number of nitrogens with one attached hydrogen (secondary N) is 1. The van der Waals surface area contributed by atoms with E-state index < -0.39 is 0 Å². The second kappa shape index (κ2) is 3.49. The van der Waals surface area contributed by atoms with Crippen molar-refractivity contribution >= 4 is 17.2 Å². The van der Waals surface area contributed by atoms with Crippen LogP contribution in [0.1, 0.15) is 0 Å². The molecule has 2 aromatic rings. The number of hydrogen-bond donors (Lipinski definition) is 1. The number of aromatic nitrogens is 3. The Morgan fingerprint density at radius 2 is 2.23 bits per heavy atom. The van der Waals surface area contributed by atoms with E-state index >= 15 is 0 Å². The van der Waals surface area contributed by atoms with E-state index in [2.05, 4.69) is 20.3 Å². The van der Waals surface area contributed by atoms with Crippen LogP contribution in [0, 0.1) is 0 Å². The fourth-order valence-corrected chi connectivity index (χ4v) is 1.51. The molecule has 0 aromatic carbocycles.